The highest BCUT2D eigenvalue weighted by atomic mass is 35.5. The van der Waals surface area contributed by atoms with Crippen LogP contribution in [0.1, 0.15) is 31.9 Å². The van der Waals surface area contributed by atoms with Crippen LogP contribution < -0.4 is 14.4 Å². The first kappa shape index (κ1) is 30.0. The maximum absolute atomic E-state index is 13.9. The van der Waals surface area contributed by atoms with Gasteiger partial charge in [-0.2, -0.15) is 0 Å². The van der Waals surface area contributed by atoms with Gasteiger partial charge < -0.3 is 15.0 Å². The monoisotopic (exact) mass is 571 g/mol. The van der Waals surface area contributed by atoms with Gasteiger partial charge in [0.15, 0.2) is 0 Å². The molecule has 0 aliphatic heterocycles. The average molecular weight is 572 g/mol. The van der Waals surface area contributed by atoms with Crippen LogP contribution in [-0.2, 0) is 26.2 Å². The van der Waals surface area contributed by atoms with E-state index in [-0.39, 0.29) is 29.1 Å². The molecule has 1 atom stereocenters. The molecule has 0 radical (unpaired) electrons. The first-order valence-corrected chi connectivity index (χ1v) is 14.3. The van der Waals surface area contributed by atoms with Crippen molar-refractivity contribution in [2.75, 3.05) is 18.0 Å². The van der Waals surface area contributed by atoms with E-state index >= 15 is 0 Å². The number of carbonyl (C=O) groups excluding carboxylic acids is 2. The van der Waals surface area contributed by atoms with Gasteiger partial charge in [-0.1, -0.05) is 48.0 Å². The summed E-state index contributed by atoms with van der Waals surface area (Å²) in [6, 6.07) is 18.9. The fourth-order valence-corrected chi connectivity index (χ4v) is 5.66. The minimum Gasteiger partial charge on any atom is -0.497 e. The fourth-order valence-electron chi connectivity index (χ4n) is 4.00. The predicted molar refractivity (Wildman–Crippen MR) is 153 cm³/mol. The standard InChI is InChI=1S/C29H34ClN3O5S/c1-20(2)31-29(35)22(4)32(18-23-12-15-25(38-5)16-13-23)28(34)19-33(27-17-24(30)14-11-21(27)3)39(36,37)26-9-7-6-8-10-26/h6-17,20,22H,18-19H2,1-5H3,(H,31,35). The van der Waals surface area contributed by atoms with Crippen LogP contribution in [0.4, 0.5) is 5.69 Å². The number of sulfonamides is 1. The molecular formula is C29H34ClN3O5S. The van der Waals surface area contributed by atoms with E-state index in [0.29, 0.717) is 16.3 Å². The van der Waals surface area contributed by atoms with Crippen LogP contribution in [-0.4, -0.2) is 50.9 Å². The van der Waals surface area contributed by atoms with Gasteiger partial charge in [0.05, 0.1) is 17.7 Å². The van der Waals surface area contributed by atoms with Gasteiger partial charge in [0.25, 0.3) is 10.0 Å². The minimum absolute atomic E-state index is 0.0319. The van der Waals surface area contributed by atoms with Crippen molar-refractivity contribution in [1.29, 1.82) is 0 Å². The third kappa shape index (κ3) is 7.52. The molecular weight excluding hydrogens is 538 g/mol. The molecule has 0 bridgehead atoms. The second-order valence-electron chi connectivity index (χ2n) is 9.46. The Balaban J connectivity index is 2.05. The van der Waals surface area contributed by atoms with E-state index in [4.69, 9.17) is 16.3 Å². The number of methoxy groups -OCH3 is 1. The highest BCUT2D eigenvalue weighted by Crippen LogP contribution is 2.30. The highest BCUT2D eigenvalue weighted by molar-refractivity contribution is 7.92. The number of nitrogens with zero attached hydrogens (tertiary/aromatic N) is 2. The molecule has 39 heavy (non-hydrogen) atoms. The van der Waals surface area contributed by atoms with Crippen molar-refractivity contribution in [3.05, 3.63) is 88.9 Å². The fraction of sp³-hybridized carbons (Fsp3) is 0.310. The predicted octanol–water partition coefficient (Wildman–Crippen LogP) is 4.79. The molecule has 3 aromatic rings. The molecule has 208 valence electrons. The van der Waals surface area contributed by atoms with Gasteiger partial charge in [-0.3, -0.25) is 13.9 Å². The number of benzene rings is 3. The van der Waals surface area contributed by atoms with Crippen molar-refractivity contribution in [2.24, 2.45) is 0 Å². The van der Waals surface area contributed by atoms with Crippen LogP contribution in [0.5, 0.6) is 5.75 Å². The molecule has 3 rings (SSSR count). The first-order valence-electron chi connectivity index (χ1n) is 12.5. The van der Waals surface area contributed by atoms with Gasteiger partial charge in [-0.25, -0.2) is 8.42 Å². The molecule has 10 heteroatoms. The number of anilines is 1. The number of nitrogens with one attached hydrogen (secondary N) is 1. The summed E-state index contributed by atoms with van der Waals surface area (Å²) in [5, 5.41) is 3.17. The summed E-state index contributed by atoms with van der Waals surface area (Å²) in [7, 11) is -2.60. The number of hydrogen-bond donors (Lipinski definition) is 1. The number of carbonyl (C=O) groups is 2. The maximum Gasteiger partial charge on any atom is 0.264 e. The van der Waals surface area contributed by atoms with Gasteiger partial charge in [0.2, 0.25) is 11.8 Å². The van der Waals surface area contributed by atoms with Crippen LogP contribution in [0, 0.1) is 6.92 Å². The zero-order valence-corrected chi connectivity index (χ0v) is 24.3. The van der Waals surface area contributed by atoms with Crippen molar-refractivity contribution in [3.8, 4) is 5.75 Å². The van der Waals surface area contributed by atoms with Crippen molar-refractivity contribution in [1.82, 2.24) is 10.2 Å². The van der Waals surface area contributed by atoms with E-state index in [1.54, 1.807) is 75.6 Å². The van der Waals surface area contributed by atoms with Gasteiger partial charge in [-0.05, 0) is 75.2 Å². The summed E-state index contributed by atoms with van der Waals surface area (Å²) in [6.07, 6.45) is 0. The van der Waals surface area contributed by atoms with Crippen LogP contribution in [0.25, 0.3) is 0 Å². The van der Waals surface area contributed by atoms with Crippen LogP contribution in [0.2, 0.25) is 5.02 Å². The SMILES string of the molecule is COc1ccc(CN(C(=O)CN(c2cc(Cl)ccc2C)S(=O)(=O)c2ccccc2)C(C)C(=O)NC(C)C)cc1. The molecule has 0 aliphatic carbocycles. The lowest BCUT2D eigenvalue weighted by Gasteiger charge is -2.32. The van der Waals surface area contributed by atoms with Crippen LogP contribution >= 0.6 is 11.6 Å². The third-order valence-corrected chi connectivity index (χ3v) is 8.17. The molecule has 2 amide bonds. The number of aryl methyl sites for hydroxylation is 1. The highest BCUT2D eigenvalue weighted by Gasteiger charge is 2.33. The van der Waals surface area contributed by atoms with E-state index in [9.17, 15) is 18.0 Å². The van der Waals surface area contributed by atoms with E-state index in [1.807, 2.05) is 13.8 Å². The van der Waals surface area contributed by atoms with Crippen molar-refractivity contribution in [2.45, 2.75) is 51.2 Å². The second kappa shape index (κ2) is 13.0. The van der Waals surface area contributed by atoms with E-state index in [1.165, 1.54) is 23.1 Å². The van der Waals surface area contributed by atoms with Gasteiger partial charge >= 0.3 is 0 Å². The minimum atomic E-state index is -4.16. The lowest BCUT2D eigenvalue weighted by Crippen LogP contribution is -2.52. The summed E-state index contributed by atoms with van der Waals surface area (Å²) >= 11 is 6.25. The van der Waals surface area contributed by atoms with E-state index < -0.39 is 28.5 Å². The molecule has 0 saturated heterocycles. The number of hydrogen-bond acceptors (Lipinski definition) is 5. The molecule has 1 unspecified atom stereocenters. The van der Waals surface area contributed by atoms with Gasteiger partial charge in [0, 0.05) is 17.6 Å². The second-order valence-corrected chi connectivity index (χ2v) is 11.8. The third-order valence-electron chi connectivity index (χ3n) is 6.16. The molecule has 3 aromatic carbocycles. The molecule has 8 nitrogen and oxygen atoms in total. The van der Waals surface area contributed by atoms with Crippen molar-refractivity contribution in [3.63, 3.8) is 0 Å². The number of halogens is 1. The Morgan fingerprint density at radius 2 is 1.62 bits per heavy atom. The maximum atomic E-state index is 13.9. The molecule has 0 aromatic heterocycles. The Bertz CT molecular complexity index is 1400. The smallest absolute Gasteiger partial charge is 0.264 e. The van der Waals surface area contributed by atoms with Crippen molar-refractivity contribution >= 4 is 39.1 Å². The normalized spacial score (nSPS) is 12.1. The van der Waals surface area contributed by atoms with Gasteiger partial charge in [-0.15, -0.1) is 0 Å². The molecule has 0 aliphatic rings. The van der Waals surface area contributed by atoms with Crippen LogP contribution in [0.15, 0.2) is 77.7 Å². The summed E-state index contributed by atoms with van der Waals surface area (Å²) in [6.45, 7) is 6.58. The summed E-state index contributed by atoms with van der Waals surface area (Å²) in [5.41, 5.74) is 1.66. The Morgan fingerprint density at radius 1 is 0.974 bits per heavy atom. The lowest BCUT2D eigenvalue weighted by molar-refractivity contribution is -0.139. The van der Waals surface area contributed by atoms with E-state index in [0.717, 1.165) is 9.87 Å². The van der Waals surface area contributed by atoms with Crippen molar-refractivity contribution < 1.29 is 22.7 Å². The lowest BCUT2D eigenvalue weighted by atomic mass is 10.1. The Hall–Kier alpha value is -3.56. The molecule has 0 saturated carbocycles. The number of ether oxygens (including phenoxy) is 1. The molecule has 0 fully saturated rings. The average Bonchev–Trinajstić information content (AvgIpc) is 2.91. The topological polar surface area (TPSA) is 96.0 Å². The molecule has 0 heterocycles. The van der Waals surface area contributed by atoms with Crippen LogP contribution in [0.3, 0.4) is 0 Å². The summed E-state index contributed by atoms with van der Waals surface area (Å²) < 4.78 is 34.0. The number of rotatable bonds is 11. The first-order chi connectivity index (χ1) is 18.4. The zero-order valence-electron chi connectivity index (χ0n) is 22.7. The molecule has 0 spiro atoms. The largest absolute Gasteiger partial charge is 0.497 e. The Morgan fingerprint density at radius 3 is 2.21 bits per heavy atom. The van der Waals surface area contributed by atoms with Gasteiger partial charge in [0.1, 0.15) is 18.3 Å². The number of amides is 2. The molecule has 1 N–H and O–H groups in total. The Kier molecular flexibility index (Phi) is 9.99. The summed E-state index contributed by atoms with van der Waals surface area (Å²) in [4.78, 5) is 28.3. The summed E-state index contributed by atoms with van der Waals surface area (Å²) in [5.74, 6) is -0.238. The zero-order chi connectivity index (χ0) is 28.7. The van der Waals surface area contributed by atoms with E-state index in [2.05, 4.69) is 5.32 Å². The quantitative estimate of drug-likeness (QED) is 0.357. The Labute approximate surface area is 235 Å².